The van der Waals surface area contributed by atoms with Crippen LogP contribution in [-0.2, 0) is 14.3 Å². The molecule has 20 heavy (non-hydrogen) atoms. The van der Waals surface area contributed by atoms with Crippen LogP contribution in [0.3, 0.4) is 0 Å². The maximum absolute atomic E-state index is 12.2. The minimum atomic E-state index is -1.61. The van der Waals surface area contributed by atoms with E-state index in [1.165, 1.54) is 0 Å². The van der Waals surface area contributed by atoms with Crippen LogP contribution in [-0.4, -0.2) is 52.6 Å². The number of likely N-dealkylation sites (tertiary alicyclic amines) is 1. The number of aliphatic hydroxyl groups is 1. The lowest BCUT2D eigenvalue weighted by Crippen LogP contribution is -2.78. The third-order valence-corrected chi connectivity index (χ3v) is 3.90. The van der Waals surface area contributed by atoms with E-state index >= 15 is 0 Å². The number of rotatable bonds is 4. The van der Waals surface area contributed by atoms with Crippen LogP contribution in [0.4, 0.5) is 0 Å². The highest BCUT2D eigenvalue weighted by atomic mass is 16.7. The van der Waals surface area contributed by atoms with Gasteiger partial charge in [-0.15, -0.1) is 12.3 Å². The van der Waals surface area contributed by atoms with E-state index in [-0.39, 0.29) is 5.91 Å². The Balaban J connectivity index is 2.32. The molecule has 1 amide bonds. The van der Waals surface area contributed by atoms with Crippen molar-refractivity contribution in [2.45, 2.75) is 44.3 Å². The molecule has 2 fully saturated rings. The molecule has 0 aromatic rings. The average Bonchev–Trinajstić information content (AvgIpc) is 2.76. The van der Waals surface area contributed by atoms with Crippen molar-refractivity contribution in [3.05, 3.63) is 30.5 Å². The van der Waals surface area contributed by atoms with Crippen LogP contribution in [0.1, 0.15) is 20.8 Å². The van der Waals surface area contributed by atoms with Gasteiger partial charge in [-0.3, -0.25) is 4.79 Å². The fourth-order valence-corrected chi connectivity index (χ4v) is 2.82. The zero-order valence-electron chi connectivity index (χ0n) is 12.2. The Labute approximate surface area is 119 Å². The summed E-state index contributed by atoms with van der Waals surface area (Å²) in [5.74, 6) is -1.08. The number of hydrogen-bond acceptors (Lipinski definition) is 4. The summed E-state index contributed by atoms with van der Waals surface area (Å²) in [7, 11) is 0. The molecule has 0 aromatic carbocycles. The summed E-state index contributed by atoms with van der Waals surface area (Å²) in [5, 5.41) is 10.7. The van der Waals surface area contributed by atoms with Crippen LogP contribution < -0.4 is 0 Å². The molecular weight excluding hydrogens is 258 g/mol. The Bertz CT molecular complexity index is 492. The highest BCUT2D eigenvalue weighted by Gasteiger charge is 2.65. The third kappa shape index (κ3) is 2.03. The van der Waals surface area contributed by atoms with Gasteiger partial charge in [0.05, 0.1) is 6.61 Å². The topological polar surface area (TPSA) is 59.0 Å². The Hall–Kier alpha value is -1.39. The standard InChI is InChI=1S/C15H21NO4/c1-6-8-16-12(11-9-19-14(4,5)20-11)15(18,13(16)17)10(3)7-2/h6,11-12,18H,1-2,8-9H2,3-5H3/t11-,12+,15-/m1/s1. The summed E-state index contributed by atoms with van der Waals surface area (Å²) in [6.45, 7) is 13.1. The zero-order valence-corrected chi connectivity index (χ0v) is 12.2. The van der Waals surface area contributed by atoms with Gasteiger partial charge in [-0.25, -0.2) is 0 Å². The summed E-state index contributed by atoms with van der Waals surface area (Å²) < 4.78 is 11.3. The second-order valence-electron chi connectivity index (χ2n) is 5.63. The average molecular weight is 279 g/mol. The van der Waals surface area contributed by atoms with Gasteiger partial charge in [0.2, 0.25) is 0 Å². The first kappa shape index (κ1) is 15.0. The monoisotopic (exact) mass is 279 g/mol. The van der Waals surface area contributed by atoms with Gasteiger partial charge < -0.3 is 19.5 Å². The van der Waals surface area contributed by atoms with Gasteiger partial charge in [-0.1, -0.05) is 12.7 Å². The number of hydrogen-bond donors (Lipinski definition) is 1. The van der Waals surface area contributed by atoms with Crippen molar-refractivity contribution < 1.29 is 19.4 Å². The van der Waals surface area contributed by atoms with Crippen LogP contribution in [0, 0.1) is 0 Å². The highest BCUT2D eigenvalue weighted by molar-refractivity contribution is 5.96. The lowest BCUT2D eigenvalue weighted by atomic mass is 9.74. The molecule has 5 nitrogen and oxygen atoms in total. The largest absolute Gasteiger partial charge is 0.373 e. The highest BCUT2D eigenvalue weighted by Crippen LogP contribution is 2.42. The molecule has 0 spiro atoms. The molecule has 0 aromatic heterocycles. The molecule has 2 aliphatic heterocycles. The molecule has 2 aliphatic rings. The molecule has 0 saturated carbocycles. The summed E-state index contributed by atoms with van der Waals surface area (Å²) >= 11 is 0. The van der Waals surface area contributed by atoms with Crippen LogP contribution >= 0.6 is 0 Å². The van der Waals surface area contributed by atoms with E-state index in [9.17, 15) is 9.90 Å². The second kappa shape index (κ2) is 4.86. The fourth-order valence-electron chi connectivity index (χ4n) is 2.82. The van der Waals surface area contributed by atoms with Crippen LogP contribution in [0.2, 0.25) is 0 Å². The Morgan fingerprint density at radius 1 is 1.65 bits per heavy atom. The zero-order chi connectivity index (χ0) is 15.1. The normalized spacial score (nSPS) is 35.4. The molecule has 0 radical (unpaired) electrons. The number of carbonyl (C=O) groups excluding carboxylic acids is 1. The Morgan fingerprint density at radius 2 is 2.30 bits per heavy atom. The van der Waals surface area contributed by atoms with Crippen molar-refractivity contribution in [3.8, 4) is 0 Å². The molecule has 0 bridgehead atoms. The van der Waals surface area contributed by atoms with Gasteiger partial charge in [0, 0.05) is 12.1 Å². The van der Waals surface area contributed by atoms with E-state index in [2.05, 4.69) is 18.9 Å². The van der Waals surface area contributed by atoms with E-state index in [1.807, 2.05) is 0 Å². The molecule has 2 saturated heterocycles. The molecule has 2 heterocycles. The molecule has 110 valence electrons. The quantitative estimate of drug-likeness (QED) is 0.474. The Morgan fingerprint density at radius 3 is 2.75 bits per heavy atom. The maximum Gasteiger partial charge on any atom is 0.262 e. The third-order valence-electron chi connectivity index (χ3n) is 3.90. The van der Waals surface area contributed by atoms with E-state index in [1.54, 1.807) is 31.7 Å². The molecule has 0 unspecified atom stereocenters. The summed E-state index contributed by atoms with van der Waals surface area (Å²) in [4.78, 5) is 13.8. The summed E-state index contributed by atoms with van der Waals surface area (Å²) in [5.41, 5.74) is 1.41. The van der Waals surface area contributed by atoms with Crippen molar-refractivity contribution in [2.75, 3.05) is 13.2 Å². The maximum atomic E-state index is 12.2. The first-order valence-electron chi connectivity index (χ1n) is 6.61. The number of ether oxygens (including phenoxy) is 2. The van der Waals surface area contributed by atoms with Crippen LogP contribution in [0.5, 0.6) is 0 Å². The number of carbonyl (C=O) groups is 1. The van der Waals surface area contributed by atoms with Gasteiger partial charge in [0.15, 0.2) is 11.4 Å². The molecule has 2 rings (SSSR count). The molecule has 3 atom stereocenters. The van der Waals surface area contributed by atoms with Crippen molar-refractivity contribution >= 4 is 5.91 Å². The van der Waals surface area contributed by atoms with E-state index in [0.717, 1.165) is 0 Å². The van der Waals surface area contributed by atoms with Gasteiger partial charge in [-0.05, 0) is 20.8 Å². The summed E-state index contributed by atoms with van der Waals surface area (Å²) in [6.07, 6.45) is 1.23. The van der Waals surface area contributed by atoms with Crippen LogP contribution in [0.25, 0.3) is 0 Å². The van der Waals surface area contributed by atoms with Crippen molar-refractivity contribution in [2.24, 2.45) is 0 Å². The minimum Gasteiger partial charge on any atom is -0.373 e. The van der Waals surface area contributed by atoms with E-state index in [4.69, 9.17) is 9.47 Å². The van der Waals surface area contributed by atoms with Gasteiger partial charge in [0.1, 0.15) is 12.1 Å². The van der Waals surface area contributed by atoms with Gasteiger partial charge in [0.25, 0.3) is 5.91 Å². The summed E-state index contributed by atoms with van der Waals surface area (Å²) in [6, 6.07) is -0.510. The first-order chi connectivity index (χ1) is 9.28. The molecule has 1 N–H and O–H groups in total. The van der Waals surface area contributed by atoms with Crippen molar-refractivity contribution in [1.29, 1.82) is 0 Å². The second-order valence-corrected chi connectivity index (χ2v) is 5.63. The minimum absolute atomic E-state index is 0.325. The van der Waals surface area contributed by atoms with Crippen molar-refractivity contribution in [1.82, 2.24) is 4.90 Å². The molecule has 0 aliphatic carbocycles. The predicted molar refractivity (Wildman–Crippen MR) is 73.9 cm³/mol. The SMILES string of the molecule is C=C=C(C)[C@]1(O)C(=O)N(CC=C)[C@H]1[C@H]1COC(C)(C)O1. The van der Waals surface area contributed by atoms with Gasteiger partial charge >= 0.3 is 0 Å². The smallest absolute Gasteiger partial charge is 0.262 e. The Kier molecular flexibility index (Phi) is 3.65. The number of nitrogens with zero attached hydrogens (tertiary/aromatic N) is 1. The molecular formula is C15H21NO4. The molecule has 5 heteroatoms. The predicted octanol–water partition coefficient (Wildman–Crippen LogP) is 0.997. The van der Waals surface area contributed by atoms with E-state index < -0.39 is 23.5 Å². The first-order valence-corrected chi connectivity index (χ1v) is 6.61. The lowest BCUT2D eigenvalue weighted by molar-refractivity contribution is -0.205. The van der Waals surface area contributed by atoms with Crippen molar-refractivity contribution in [3.63, 3.8) is 0 Å². The number of amides is 1. The number of β-lactam (4-membered cyclic amide) rings is 1. The van der Waals surface area contributed by atoms with Crippen LogP contribution in [0.15, 0.2) is 30.5 Å². The van der Waals surface area contributed by atoms with E-state index in [0.29, 0.717) is 18.7 Å². The lowest BCUT2D eigenvalue weighted by Gasteiger charge is -2.54. The fraction of sp³-hybridized carbons (Fsp3) is 0.600. The van der Waals surface area contributed by atoms with Gasteiger partial charge in [-0.2, -0.15) is 0 Å².